The normalized spacial score (nSPS) is 11.3. The summed E-state index contributed by atoms with van der Waals surface area (Å²) in [6.07, 6.45) is 2.44. The van der Waals surface area contributed by atoms with Crippen LogP contribution in [-0.2, 0) is 19.5 Å². The third kappa shape index (κ3) is 2.66. The summed E-state index contributed by atoms with van der Waals surface area (Å²) in [5.41, 5.74) is 4.09. The first-order valence-corrected chi connectivity index (χ1v) is 7.44. The van der Waals surface area contributed by atoms with Crippen LogP contribution in [0.3, 0.4) is 0 Å². The van der Waals surface area contributed by atoms with Gasteiger partial charge in [-0.2, -0.15) is 10.2 Å². The van der Waals surface area contributed by atoms with Crippen LogP contribution >= 0.6 is 0 Å². The molecule has 0 aromatic carbocycles. The summed E-state index contributed by atoms with van der Waals surface area (Å²) in [4.78, 5) is 0. The van der Waals surface area contributed by atoms with E-state index in [1.807, 2.05) is 30.1 Å². The number of rotatable bonds is 5. The topological polar surface area (TPSA) is 74.6 Å². The fourth-order valence-electron chi connectivity index (χ4n) is 2.54. The third-order valence-electron chi connectivity index (χ3n) is 3.74. The molecule has 0 saturated carbocycles. The second-order valence-corrected chi connectivity index (χ2v) is 5.36. The van der Waals surface area contributed by atoms with Gasteiger partial charge in [-0.1, -0.05) is 0 Å². The van der Waals surface area contributed by atoms with Crippen molar-refractivity contribution < 1.29 is 4.42 Å². The molecule has 3 rings (SSSR count). The predicted octanol–water partition coefficient (Wildman–Crippen LogP) is 2.32. The van der Waals surface area contributed by atoms with Crippen LogP contribution in [0.4, 0.5) is 0 Å². The highest BCUT2D eigenvalue weighted by atomic mass is 16.4. The molecule has 7 heteroatoms. The van der Waals surface area contributed by atoms with Crippen molar-refractivity contribution in [3.05, 3.63) is 35.2 Å². The van der Waals surface area contributed by atoms with Gasteiger partial charge in [-0.15, -0.1) is 10.2 Å². The maximum absolute atomic E-state index is 5.76. The molecule has 22 heavy (non-hydrogen) atoms. The van der Waals surface area contributed by atoms with Gasteiger partial charge in [-0.25, -0.2) is 0 Å². The van der Waals surface area contributed by atoms with Crippen LogP contribution in [0.5, 0.6) is 0 Å². The molecule has 0 aliphatic carbocycles. The Morgan fingerprint density at radius 3 is 2.59 bits per heavy atom. The molecule has 0 amide bonds. The third-order valence-corrected chi connectivity index (χ3v) is 3.74. The van der Waals surface area contributed by atoms with Crippen LogP contribution in [0.1, 0.15) is 29.9 Å². The summed E-state index contributed by atoms with van der Waals surface area (Å²) < 4.78 is 9.63. The minimum atomic E-state index is 0.528. The highest BCUT2D eigenvalue weighted by Gasteiger charge is 2.15. The lowest BCUT2D eigenvalue weighted by atomic mass is 10.2. The maximum atomic E-state index is 5.76. The zero-order valence-corrected chi connectivity index (χ0v) is 13.4. The van der Waals surface area contributed by atoms with Gasteiger partial charge in [0, 0.05) is 30.9 Å². The Balaban J connectivity index is 1.73. The number of hydrogen-bond acceptors (Lipinski definition) is 5. The van der Waals surface area contributed by atoms with Gasteiger partial charge in [0.15, 0.2) is 0 Å². The standard InChI is InChI=1S/C15H20N6O/c1-5-20-12(4)13(9-16-20)15-18-17-14(22-15)6-7-21-11(3)8-10(2)19-21/h8-9H,5-7H2,1-4H3. The number of nitrogens with zero attached hydrogens (tertiary/aromatic N) is 6. The molecule has 3 aromatic rings. The van der Waals surface area contributed by atoms with Gasteiger partial charge in [0.25, 0.3) is 5.89 Å². The van der Waals surface area contributed by atoms with Gasteiger partial charge >= 0.3 is 0 Å². The van der Waals surface area contributed by atoms with E-state index in [9.17, 15) is 0 Å². The smallest absolute Gasteiger partial charge is 0.251 e. The summed E-state index contributed by atoms with van der Waals surface area (Å²) in [7, 11) is 0. The minimum Gasteiger partial charge on any atom is -0.421 e. The molecule has 116 valence electrons. The Hall–Kier alpha value is -2.44. The molecule has 3 aromatic heterocycles. The van der Waals surface area contributed by atoms with Crippen LogP contribution in [-0.4, -0.2) is 29.8 Å². The van der Waals surface area contributed by atoms with Crippen LogP contribution in [0.25, 0.3) is 11.5 Å². The van der Waals surface area contributed by atoms with Crippen LogP contribution in [0.15, 0.2) is 16.7 Å². The highest BCUT2D eigenvalue weighted by molar-refractivity contribution is 5.54. The molecule has 0 N–H and O–H groups in total. The molecule has 0 atom stereocenters. The zero-order chi connectivity index (χ0) is 15.7. The molecule has 0 bridgehead atoms. The number of aromatic nitrogens is 6. The summed E-state index contributed by atoms with van der Waals surface area (Å²) in [5, 5.41) is 17.0. The first kappa shape index (κ1) is 14.5. The van der Waals surface area contributed by atoms with Gasteiger partial charge in [-0.05, 0) is 33.8 Å². The van der Waals surface area contributed by atoms with E-state index >= 15 is 0 Å². The average Bonchev–Trinajstić information content (AvgIpc) is 3.16. The van der Waals surface area contributed by atoms with E-state index in [4.69, 9.17) is 4.42 Å². The summed E-state index contributed by atoms with van der Waals surface area (Å²) >= 11 is 0. The molecule has 0 aliphatic rings. The quantitative estimate of drug-likeness (QED) is 0.723. The first-order chi connectivity index (χ1) is 10.6. The predicted molar refractivity (Wildman–Crippen MR) is 81.3 cm³/mol. The highest BCUT2D eigenvalue weighted by Crippen LogP contribution is 2.21. The number of aryl methyl sites for hydroxylation is 5. The molecule has 3 heterocycles. The van der Waals surface area contributed by atoms with E-state index in [1.54, 1.807) is 6.20 Å². The summed E-state index contributed by atoms with van der Waals surface area (Å²) in [6, 6.07) is 2.06. The van der Waals surface area contributed by atoms with E-state index in [0.29, 0.717) is 18.2 Å². The van der Waals surface area contributed by atoms with E-state index in [2.05, 4.69) is 33.4 Å². The Morgan fingerprint density at radius 2 is 1.95 bits per heavy atom. The van der Waals surface area contributed by atoms with E-state index < -0.39 is 0 Å². The first-order valence-electron chi connectivity index (χ1n) is 7.44. The van der Waals surface area contributed by atoms with Crippen molar-refractivity contribution in [2.24, 2.45) is 0 Å². The fraction of sp³-hybridized carbons (Fsp3) is 0.467. The second-order valence-electron chi connectivity index (χ2n) is 5.36. The van der Waals surface area contributed by atoms with Crippen molar-refractivity contribution in [2.45, 2.75) is 47.2 Å². The molecule has 7 nitrogen and oxygen atoms in total. The van der Waals surface area contributed by atoms with Crippen molar-refractivity contribution in [3.8, 4) is 11.5 Å². The van der Waals surface area contributed by atoms with E-state index in [1.165, 1.54) is 0 Å². The van der Waals surface area contributed by atoms with E-state index in [-0.39, 0.29) is 0 Å². The molecule has 0 saturated heterocycles. The van der Waals surface area contributed by atoms with Crippen molar-refractivity contribution in [2.75, 3.05) is 0 Å². The number of hydrogen-bond donors (Lipinski definition) is 0. The average molecular weight is 300 g/mol. The molecule has 0 unspecified atom stereocenters. The van der Waals surface area contributed by atoms with Crippen molar-refractivity contribution in [1.29, 1.82) is 0 Å². The Morgan fingerprint density at radius 1 is 1.14 bits per heavy atom. The molecule has 0 spiro atoms. The molecule has 0 aliphatic heterocycles. The van der Waals surface area contributed by atoms with Crippen LogP contribution in [0.2, 0.25) is 0 Å². The van der Waals surface area contributed by atoms with Crippen LogP contribution in [0, 0.1) is 20.8 Å². The SMILES string of the molecule is CCn1ncc(-c2nnc(CCn3nc(C)cc3C)o2)c1C. The molecule has 0 fully saturated rings. The van der Waals surface area contributed by atoms with Gasteiger partial charge in [0.1, 0.15) is 0 Å². The largest absolute Gasteiger partial charge is 0.421 e. The molecule has 0 radical (unpaired) electrons. The minimum absolute atomic E-state index is 0.528. The van der Waals surface area contributed by atoms with Crippen LogP contribution < -0.4 is 0 Å². The van der Waals surface area contributed by atoms with Crippen molar-refractivity contribution >= 4 is 0 Å². The van der Waals surface area contributed by atoms with E-state index in [0.717, 1.165) is 35.7 Å². The summed E-state index contributed by atoms with van der Waals surface area (Å²) in [5.74, 6) is 1.15. The molecular weight excluding hydrogens is 280 g/mol. The lowest BCUT2D eigenvalue weighted by Gasteiger charge is -2.01. The monoisotopic (exact) mass is 300 g/mol. The summed E-state index contributed by atoms with van der Waals surface area (Å²) in [6.45, 7) is 9.65. The zero-order valence-electron chi connectivity index (χ0n) is 13.4. The van der Waals surface area contributed by atoms with Gasteiger partial charge < -0.3 is 4.42 Å². The Labute approximate surface area is 129 Å². The Bertz CT molecular complexity index is 782. The van der Waals surface area contributed by atoms with Crippen molar-refractivity contribution in [3.63, 3.8) is 0 Å². The Kier molecular flexibility index (Phi) is 3.79. The van der Waals surface area contributed by atoms with Gasteiger partial charge in [-0.3, -0.25) is 9.36 Å². The molecular formula is C15H20N6O. The van der Waals surface area contributed by atoms with Crippen molar-refractivity contribution in [1.82, 2.24) is 29.8 Å². The fourth-order valence-corrected chi connectivity index (χ4v) is 2.54. The van der Waals surface area contributed by atoms with Gasteiger partial charge in [0.05, 0.1) is 17.5 Å². The maximum Gasteiger partial charge on any atom is 0.251 e. The lowest BCUT2D eigenvalue weighted by molar-refractivity contribution is 0.471. The lowest BCUT2D eigenvalue weighted by Crippen LogP contribution is -2.05. The second kappa shape index (κ2) is 5.75. The van der Waals surface area contributed by atoms with Gasteiger partial charge in [0.2, 0.25) is 5.89 Å².